The van der Waals surface area contributed by atoms with Crippen molar-refractivity contribution < 1.29 is 33.8 Å². The van der Waals surface area contributed by atoms with Crippen LogP contribution in [-0.2, 0) is 31.0 Å². The summed E-state index contributed by atoms with van der Waals surface area (Å²) in [6.07, 6.45) is 1.53. The summed E-state index contributed by atoms with van der Waals surface area (Å²) in [6.45, 7) is 20.5. The monoisotopic (exact) mass is 864 g/mol. The quantitative estimate of drug-likeness (QED) is 0.0790. The predicted molar refractivity (Wildman–Crippen MR) is 248 cm³/mol. The first-order chi connectivity index (χ1) is 29.8. The van der Waals surface area contributed by atoms with Crippen molar-refractivity contribution in [3.8, 4) is 22.6 Å². The highest BCUT2D eigenvalue weighted by Crippen LogP contribution is 2.40. The molecule has 3 aromatic rings. The van der Waals surface area contributed by atoms with E-state index in [1.54, 1.807) is 57.2 Å². The molecule has 3 amide bonds. The number of carboxylic acids is 1. The van der Waals surface area contributed by atoms with E-state index in [1.807, 2.05) is 24.3 Å². The number of rotatable bonds is 16. The second-order valence-corrected chi connectivity index (χ2v) is 16.8. The number of carbonyl (C=O) groups is 4. The summed E-state index contributed by atoms with van der Waals surface area (Å²) >= 11 is 0. The molecule has 10 N–H and O–H groups in total. The van der Waals surface area contributed by atoms with Crippen LogP contribution in [0.15, 0.2) is 95.7 Å². The van der Waals surface area contributed by atoms with Crippen molar-refractivity contribution >= 4 is 35.6 Å². The Kier molecular flexibility index (Phi) is 17.4. The van der Waals surface area contributed by atoms with Crippen LogP contribution in [-0.4, -0.2) is 97.9 Å². The minimum atomic E-state index is -1.29. The third kappa shape index (κ3) is 12.9. The second-order valence-electron chi connectivity index (χ2n) is 16.8. The Hall–Kier alpha value is -6.29. The van der Waals surface area contributed by atoms with Crippen molar-refractivity contribution in [2.45, 2.75) is 84.0 Å². The van der Waals surface area contributed by atoms with Crippen molar-refractivity contribution in [2.24, 2.45) is 22.2 Å². The lowest BCUT2D eigenvalue weighted by molar-refractivity contribution is -0.142. The highest BCUT2D eigenvalue weighted by atomic mass is 16.5. The fourth-order valence-corrected chi connectivity index (χ4v) is 6.97. The number of benzene rings is 3. The molecule has 4 atom stereocenters. The van der Waals surface area contributed by atoms with Gasteiger partial charge in [0, 0.05) is 49.6 Å². The average Bonchev–Trinajstić information content (AvgIpc) is 3.23. The molecule has 0 radical (unpaired) electrons. The zero-order chi connectivity index (χ0) is 46.6. The number of aliphatic imine (C=N–C) groups is 1. The smallest absolute Gasteiger partial charge is 0.326 e. The maximum Gasteiger partial charge on any atom is 0.326 e. The molecule has 15 nitrogen and oxygen atoms in total. The maximum atomic E-state index is 14.7. The molecule has 4 rings (SSSR count). The van der Waals surface area contributed by atoms with Crippen LogP contribution in [0.1, 0.15) is 76.3 Å². The number of fused-ring (bicyclic) bond motifs is 5. The van der Waals surface area contributed by atoms with E-state index in [0.29, 0.717) is 45.0 Å². The van der Waals surface area contributed by atoms with Gasteiger partial charge in [-0.1, -0.05) is 75.9 Å². The van der Waals surface area contributed by atoms with Gasteiger partial charge in [0.05, 0.1) is 17.3 Å². The van der Waals surface area contributed by atoms with Gasteiger partial charge >= 0.3 is 5.97 Å². The highest BCUT2D eigenvalue weighted by molar-refractivity contribution is 6.14. The second kappa shape index (κ2) is 22.2. The number of carbonyl (C=O) groups excluding carboxylic acids is 3. The van der Waals surface area contributed by atoms with Crippen LogP contribution >= 0.6 is 0 Å². The molecular weight excluding hydrogens is 801 g/mol. The van der Waals surface area contributed by atoms with Crippen LogP contribution in [0.2, 0.25) is 0 Å². The summed E-state index contributed by atoms with van der Waals surface area (Å²) in [5.74, 6) is -2.07. The van der Waals surface area contributed by atoms with Gasteiger partial charge in [-0.25, -0.2) is 4.79 Å². The number of hydrogen-bond acceptors (Lipinski definition) is 11. The van der Waals surface area contributed by atoms with E-state index in [4.69, 9.17) is 26.7 Å². The highest BCUT2D eigenvalue weighted by Gasteiger charge is 2.35. The van der Waals surface area contributed by atoms with Gasteiger partial charge in [0.25, 0.3) is 5.91 Å². The molecule has 15 heteroatoms. The van der Waals surface area contributed by atoms with Crippen LogP contribution in [0.5, 0.6) is 11.5 Å². The van der Waals surface area contributed by atoms with Crippen LogP contribution in [0, 0.1) is 0 Å². The predicted octanol–water partition coefficient (Wildman–Crippen LogP) is 4.35. The van der Waals surface area contributed by atoms with E-state index >= 15 is 0 Å². The normalized spacial score (nSPS) is 17.1. The molecule has 0 fully saturated rings. The summed E-state index contributed by atoms with van der Waals surface area (Å²) in [5, 5.41) is 18.9. The number of amides is 3. The van der Waals surface area contributed by atoms with Crippen LogP contribution in [0.4, 0.5) is 0 Å². The number of aliphatic carboxylic acids is 1. The molecule has 1 aliphatic rings. The number of allylic oxidation sites excluding steroid dienone is 1. The maximum absolute atomic E-state index is 14.7. The lowest BCUT2D eigenvalue weighted by atomic mass is 9.86. The minimum Gasteiger partial charge on any atom is -0.492 e. The Morgan fingerprint density at radius 2 is 1.56 bits per heavy atom. The zero-order valence-electron chi connectivity index (χ0n) is 37.5. The summed E-state index contributed by atoms with van der Waals surface area (Å²) in [4.78, 5) is 61.5. The first-order valence-corrected chi connectivity index (χ1v) is 21.0. The minimum absolute atomic E-state index is 0.0279. The van der Waals surface area contributed by atoms with Crippen molar-refractivity contribution in [1.29, 1.82) is 0 Å². The molecule has 2 unspecified atom stereocenters. The molecule has 0 saturated heterocycles. The molecule has 3 aromatic carbocycles. The van der Waals surface area contributed by atoms with Crippen molar-refractivity contribution in [1.82, 2.24) is 20.9 Å². The molecule has 0 spiro atoms. The van der Waals surface area contributed by atoms with E-state index < -0.39 is 47.9 Å². The van der Waals surface area contributed by atoms with Gasteiger partial charge in [0.2, 0.25) is 11.8 Å². The summed E-state index contributed by atoms with van der Waals surface area (Å²) in [5.41, 5.74) is 23.2. The van der Waals surface area contributed by atoms with Gasteiger partial charge in [0.15, 0.2) is 0 Å². The summed E-state index contributed by atoms with van der Waals surface area (Å²) in [7, 11) is 1.47. The Bertz CT molecular complexity index is 2220. The average molecular weight is 865 g/mol. The molecule has 63 heavy (non-hydrogen) atoms. The van der Waals surface area contributed by atoms with Gasteiger partial charge in [-0.05, 0) is 85.7 Å². The van der Waals surface area contributed by atoms with E-state index in [9.17, 15) is 24.3 Å². The molecular formula is C48H64N8O7. The molecule has 1 aliphatic heterocycles. The van der Waals surface area contributed by atoms with Crippen molar-refractivity contribution in [2.75, 3.05) is 39.9 Å². The summed E-state index contributed by atoms with van der Waals surface area (Å²) in [6, 6.07) is 14.0. The Balaban J connectivity index is 1.78. The van der Waals surface area contributed by atoms with Crippen molar-refractivity contribution in [3.63, 3.8) is 0 Å². The van der Waals surface area contributed by atoms with E-state index in [1.165, 1.54) is 18.2 Å². The Labute approximate surface area is 370 Å². The van der Waals surface area contributed by atoms with E-state index in [-0.39, 0.29) is 62.4 Å². The first-order valence-electron chi connectivity index (χ1n) is 21.0. The number of nitrogens with zero attached hydrogens (tertiary/aromatic N) is 2. The van der Waals surface area contributed by atoms with Crippen LogP contribution in [0.3, 0.4) is 0 Å². The molecule has 1 heterocycles. The third-order valence-electron chi connectivity index (χ3n) is 10.6. The van der Waals surface area contributed by atoms with Gasteiger partial charge in [-0.3, -0.25) is 19.4 Å². The van der Waals surface area contributed by atoms with Crippen LogP contribution in [0.25, 0.3) is 16.8 Å². The number of nitrogens with one attached hydrogen (secondary N) is 3. The van der Waals surface area contributed by atoms with Gasteiger partial charge in [-0.2, -0.15) is 0 Å². The first kappa shape index (κ1) is 49.4. The standard InChI is InChI=1S/C48H64N8O7/c1-28(2)38(27-52-31(5)33-11-14-35(15-12-33)48(6,7)8)44(57)55-39(18-19-49)46(59)56(9)43-34-13-17-42(63-23-21-51)37(26-34)36-24-32(10-16-41(36)62-22-20-50)25-40(47(60)61)53-29(3)30(4)54-45(43)58/h10-17,24,26-27,30,39-40,43,53H,3,5,18-23,25,49-51H2,1-2,4,6-9H3,(H,54,58)(H,55,57)(H,60,61)/b52-27-/t30-,39-,40?,43?/m0/s1. The molecule has 0 saturated carbocycles. The zero-order valence-corrected chi connectivity index (χ0v) is 37.5. The van der Waals surface area contributed by atoms with Gasteiger partial charge in [-0.15, -0.1) is 0 Å². The SMILES string of the molecule is C=C(/N=C\C(C(=O)N[C@@H](CCN)C(=O)N(C)C1C(=O)N[C@@H](C)C(=C)NC(C(=O)O)Cc2ccc(OCCN)c(c2)-c2cc1ccc2OCCN)=C(C)C)c1ccc(C(C)(C)C)cc1. The number of likely N-dealkylation sites (N-methyl/N-ethyl adjacent to an activating group) is 1. The Morgan fingerprint density at radius 1 is 0.952 bits per heavy atom. The lowest BCUT2D eigenvalue weighted by Gasteiger charge is -2.33. The summed E-state index contributed by atoms with van der Waals surface area (Å²) < 4.78 is 12.2. The fourth-order valence-electron chi connectivity index (χ4n) is 6.97. The number of hydrogen-bond donors (Lipinski definition) is 7. The van der Waals surface area contributed by atoms with E-state index in [2.05, 4.69) is 54.9 Å². The molecule has 0 aromatic heterocycles. The number of carboxylic acid groups (broad SMARTS) is 1. The molecule has 338 valence electrons. The Morgan fingerprint density at radius 3 is 2.11 bits per heavy atom. The molecule has 4 bridgehead atoms. The molecule has 0 aliphatic carbocycles. The topological polar surface area (TPSA) is 237 Å². The largest absolute Gasteiger partial charge is 0.492 e. The number of ether oxygens (including phenoxy) is 2. The van der Waals surface area contributed by atoms with E-state index in [0.717, 1.165) is 11.1 Å². The van der Waals surface area contributed by atoms with Crippen LogP contribution < -0.4 is 42.6 Å². The van der Waals surface area contributed by atoms with Crippen molar-refractivity contribution in [3.05, 3.63) is 113 Å². The van der Waals surface area contributed by atoms with Gasteiger partial charge in [0.1, 0.15) is 42.8 Å². The lowest BCUT2D eigenvalue weighted by Crippen LogP contribution is -2.53. The fraction of sp³-hybridized carbons (Fsp3) is 0.396. The number of nitrogens with two attached hydrogens (primary N) is 3. The third-order valence-corrected chi connectivity index (χ3v) is 10.6. The van der Waals surface area contributed by atoms with Gasteiger partial charge < -0.3 is 52.6 Å².